The average molecular weight is 377 g/mol. The first kappa shape index (κ1) is 18.2. The van der Waals surface area contributed by atoms with Crippen LogP contribution >= 0.6 is 11.6 Å². The van der Waals surface area contributed by atoms with E-state index in [1.165, 1.54) is 0 Å². The summed E-state index contributed by atoms with van der Waals surface area (Å²) in [4.78, 5) is 14.1. The molecular formula is C17H21ClN6O2. The van der Waals surface area contributed by atoms with Gasteiger partial charge in [0.15, 0.2) is 5.82 Å². The molecule has 9 heteroatoms. The molecule has 1 aromatic carbocycles. The van der Waals surface area contributed by atoms with Gasteiger partial charge in [-0.25, -0.2) is 4.79 Å². The summed E-state index contributed by atoms with van der Waals surface area (Å²) in [7, 11) is 0. The van der Waals surface area contributed by atoms with Gasteiger partial charge in [0.05, 0.1) is 25.1 Å². The van der Waals surface area contributed by atoms with Crippen LogP contribution in [0.15, 0.2) is 36.5 Å². The summed E-state index contributed by atoms with van der Waals surface area (Å²) in [5.41, 5.74) is 1.66. The highest BCUT2D eigenvalue weighted by Gasteiger charge is 2.12. The van der Waals surface area contributed by atoms with Crippen LogP contribution in [0.4, 0.5) is 22.0 Å². The van der Waals surface area contributed by atoms with Crippen LogP contribution in [0.3, 0.4) is 0 Å². The molecule has 0 saturated carbocycles. The van der Waals surface area contributed by atoms with Crippen LogP contribution in [-0.2, 0) is 4.74 Å². The molecule has 0 spiro atoms. The van der Waals surface area contributed by atoms with Crippen molar-refractivity contribution in [1.29, 1.82) is 0 Å². The van der Waals surface area contributed by atoms with Gasteiger partial charge in [-0.1, -0.05) is 17.7 Å². The van der Waals surface area contributed by atoms with Gasteiger partial charge in [0, 0.05) is 43.0 Å². The van der Waals surface area contributed by atoms with E-state index < -0.39 is 0 Å². The van der Waals surface area contributed by atoms with Gasteiger partial charge in [-0.15, -0.1) is 5.10 Å². The first-order valence-electron chi connectivity index (χ1n) is 8.40. The largest absolute Gasteiger partial charge is 0.378 e. The fraction of sp³-hybridized carbons (Fsp3) is 0.353. The van der Waals surface area contributed by atoms with Crippen LogP contribution in [0.1, 0.15) is 0 Å². The Labute approximate surface area is 156 Å². The van der Waals surface area contributed by atoms with E-state index in [2.05, 4.69) is 31.0 Å². The van der Waals surface area contributed by atoms with Crippen LogP contribution in [0.2, 0.25) is 5.02 Å². The molecule has 8 nitrogen and oxygen atoms in total. The van der Waals surface area contributed by atoms with E-state index in [1.54, 1.807) is 30.5 Å². The highest BCUT2D eigenvalue weighted by Crippen LogP contribution is 2.17. The molecule has 1 fully saturated rings. The Balaban J connectivity index is 1.41. The van der Waals surface area contributed by atoms with Gasteiger partial charge in [0.25, 0.3) is 0 Å². The highest BCUT2D eigenvalue weighted by atomic mass is 35.5. The van der Waals surface area contributed by atoms with E-state index in [4.69, 9.17) is 16.3 Å². The number of carbonyl (C=O) groups is 1. The van der Waals surface area contributed by atoms with Gasteiger partial charge in [-0.3, -0.25) is 0 Å². The smallest absolute Gasteiger partial charge is 0.319 e. The Morgan fingerprint density at radius 1 is 1.23 bits per heavy atom. The summed E-state index contributed by atoms with van der Waals surface area (Å²) in [6.07, 6.45) is 1.74. The topological polar surface area (TPSA) is 91.4 Å². The first-order valence-corrected chi connectivity index (χ1v) is 8.78. The van der Waals surface area contributed by atoms with Crippen molar-refractivity contribution < 1.29 is 9.53 Å². The first-order chi connectivity index (χ1) is 12.7. The Kier molecular flexibility index (Phi) is 6.45. The van der Waals surface area contributed by atoms with E-state index in [-0.39, 0.29) is 6.03 Å². The molecule has 0 bridgehead atoms. The number of benzene rings is 1. The van der Waals surface area contributed by atoms with Crippen LogP contribution in [0.25, 0.3) is 0 Å². The predicted octanol–water partition coefficient (Wildman–Crippen LogP) is 2.20. The maximum Gasteiger partial charge on any atom is 0.319 e. The highest BCUT2D eigenvalue weighted by molar-refractivity contribution is 6.30. The number of hydrogen-bond acceptors (Lipinski definition) is 6. The Bertz CT molecular complexity index is 739. The molecular weight excluding hydrogens is 356 g/mol. The Hall–Kier alpha value is -2.58. The molecule has 3 N–H and O–H groups in total. The minimum atomic E-state index is -0.290. The molecule has 1 aliphatic rings. The van der Waals surface area contributed by atoms with Crippen LogP contribution < -0.4 is 20.9 Å². The van der Waals surface area contributed by atoms with Crippen molar-refractivity contribution in [3.63, 3.8) is 0 Å². The lowest BCUT2D eigenvalue weighted by Crippen LogP contribution is -2.36. The summed E-state index contributed by atoms with van der Waals surface area (Å²) in [5, 5.41) is 17.3. The molecule has 1 aromatic heterocycles. The molecule has 0 aliphatic carbocycles. The quantitative estimate of drug-likeness (QED) is 0.669. The van der Waals surface area contributed by atoms with Gasteiger partial charge in [0.2, 0.25) is 0 Å². The van der Waals surface area contributed by atoms with E-state index in [9.17, 15) is 4.79 Å². The maximum atomic E-state index is 11.9. The maximum absolute atomic E-state index is 11.9. The summed E-state index contributed by atoms with van der Waals surface area (Å²) < 4.78 is 5.36. The minimum absolute atomic E-state index is 0.290. The van der Waals surface area contributed by atoms with Crippen molar-refractivity contribution >= 4 is 34.8 Å². The fourth-order valence-corrected chi connectivity index (χ4v) is 2.74. The van der Waals surface area contributed by atoms with Crippen LogP contribution in [-0.4, -0.2) is 55.6 Å². The van der Waals surface area contributed by atoms with Crippen LogP contribution in [0.5, 0.6) is 0 Å². The molecule has 0 radical (unpaired) electrons. The molecule has 0 unspecified atom stereocenters. The van der Waals surface area contributed by atoms with Gasteiger partial charge < -0.3 is 25.6 Å². The van der Waals surface area contributed by atoms with Crippen molar-refractivity contribution in [2.75, 3.05) is 54.9 Å². The minimum Gasteiger partial charge on any atom is -0.378 e. The third kappa shape index (κ3) is 5.47. The number of amides is 2. The Morgan fingerprint density at radius 3 is 2.88 bits per heavy atom. The zero-order valence-electron chi connectivity index (χ0n) is 14.2. The van der Waals surface area contributed by atoms with E-state index in [0.29, 0.717) is 29.6 Å². The summed E-state index contributed by atoms with van der Waals surface area (Å²) in [5.74, 6) is 0.672. The molecule has 26 heavy (non-hydrogen) atoms. The van der Waals surface area contributed by atoms with Crippen LogP contribution in [0, 0.1) is 0 Å². The second-order valence-corrected chi connectivity index (χ2v) is 6.15. The monoisotopic (exact) mass is 376 g/mol. The van der Waals surface area contributed by atoms with Gasteiger partial charge in [0.1, 0.15) is 0 Å². The lowest BCUT2D eigenvalue weighted by molar-refractivity contribution is 0.122. The van der Waals surface area contributed by atoms with E-state index in [0.717, 1.165) is 32.0 Å². The molecule has 2 heterocycles. The summed E-state index contributed by atoms with van der Waals surface area (Å²) in [6.45, 7) is 4.10. The number of urea groups is 1. The second-order valence-electron chi connectivity index (χ2n) is 5.72. The lowest BCUT2D eigenvalue weighted by atomic mass is 10.3. The normalized spacial score (nSPS) is 14.0. The van der Waals surface area contributed by atoms with Crippen molar-refractivity contribution in [2.24, 2.45) is 0 Å². The Morgan fingerprint density at radius 2 is 2.08 bits per heavy atom. The fourth-order valence-electron chi connectivity index (χ4n) is 2.55. The standard InChI is InChI=1S/C17H21ClN6O2/c18-13-2-1-3-14(10-13)22-17(25)20-5-4-19-16-11-15(12-21-23-16)24-6-8-26-9-7-24/h1-3,10-12H,4-9H2,(H,19,23)(H2,20,22,25). The number of aromatic nitrogens is 2. The number of halogens is 1. The predicted molar refractivity (Wildman–Crippen MR) is 102 cm³/mol. The third-order valence-electron chi connectivity index (χ3n) is 3.82. The van der Waals surface area contributed by atoms with Crippen molar-refractivity contribution in [2.45, 2.75) is 0 Å². The van der Waals surface area contributed by atoms with Crippen molar-refractivity contribution in [1.82, 2.24) is 15.5 Å². The van der Waals surface area contributed by atoms with Crippen molar-refractivity contribution in [3.8, 4) is 0 Å². The molecule has 3 rings (SSSR count). The van der Waals surface area contributed by atoms with Gasteiger partial charge in [-0.2, -0.15) is 5.10 Å². The number of nitrogens with one attached hydrogen (secondary N) is 3. The molecule has 1 aliphatic heterocycles. The second kappa shape index (κ2) is 9.21. The number of morpholine rings is 1. The van der Waals surface area contributed by atoms with E-state index >= 15 is 0 Å². The number of nitrogens with zero attached hydrogens (tertiary/aromatic N) is 3. The lowest BCUT2D eigenvalue weighted by Gasteiger charge is -2.28. The average Bonchev–Trinajstić information content (AvgIpc) is 2.66. The van der Waals surface area contributed by atoms with E-state index in [1.807, 2.05) is 6.07 Å². The molecule has 2 amide bonds. The number of carbonyl (C=O) groups excluding carboxylic acids is 1. The SMILES string of the molecule is O=C(NCCNc1cc(N2CCOCC2)cnn1)Nc1cccc(Cl)c1. The van der Waals surface area contributed by atoms with Gasteiger partial charge >= 0.3 is 6.03 Å². The number of rotatable bonds is 6. The molecule has 0 atom stereocenters. The summed E-state index contributed by atoms with van der Waals surface area (Å²) in [6, 6.07) is 8.65. The zero-order valence-corrected chi connectivity index (χ0v) is 15.0. The number of anilines is 3. The third-order valence-corrected chi connectivity index (χ3v) is 4.05. The number of ether oxygens (including phenoxy) is 1. The van der Waals surface area contributed by atoms with Crippen molar-refractivity contribution in [3.05, 3.63) is 41.6 Å². The molecule has 1 saturated heterocycles. The molecule has 2 aromatic rings. The molecule has 138 valence electrons. The number of hydrogen-bond donors (Lipinski definition) is 3. The zero-order chi connectivity index (χ0) is 18.2. The summed E-state index contributed by atoms with van der Waals surface area (Å²) >= 11 is 5.89. The van der Waals surface area contributed by atoms with Gasteiger partial charge in [-0.05, 0) is 18.2 Å².